The number of carbonyl (C=O) groups is 1. The van der Waals surface area contributed by atoms with Crippen LogP contribution in [0.5, 0.6) is 0 Å². The van der Waals surface area contributed by atoms with Crippen LogP contribution >= 0.6 is 0 Å². The van der Waals surface area contributed by atoms with Crippen LogP contribution in [0.4, 0.5) is 0 Å². The van der Waals surface area contributed by atoms with E-state index in [-0.39, 0.29) is 6.42 Å². The Morgan fingerprint density at radius 3 is 2.38 bits per heavy atom. The van der Waals surface area contributed by atoms with Crippen LogP contribution in [0.2, 0.25) is 0 Å². The lowest BCUT2D eigenvalue weighted by molar-refractivity contribution is -0.220. The lowest BCUT2D eigenvalue weighted by atomic mass is 9.57. The number of hydrogen-bond acceptors (Lipinski definition) is 3. The maximum absolute atomic E-state index is 11.0. The smallest absolute Gasteiger partial charge is 0.336 e. The van der Waals surface area contributed by atoms with Gasteiger partial charge in [0, 0.05) is 18.4 Å². The van der Waals surface area contributed by atoms with Crippen LogP contribution in [0.3, 0.4) is 0 Å². The Morgan fingerprint density at radius 1 is 1.31 bits per heavy atom. The molecule has 1 unspecified atom stereocenters. The molecular weight excluding hydrogens is 172 g/mol. The van der Waals surface area contributed by atoms with Crippen molar-refractivity contribution < 1.29 is 19.7 Å². The van der Waals surface area contributed by atoms with Crippen molar-refractivity contribution in [2.45, 2.75) is 31.3 Å². The summed E-state index contributed by atoms with van der Waals surface area (Å²) in [5, 5.41) is 19.0. The molecule has 2 fully saturated rings. The van der Waals surface area contributed by atoms with Gasteiger partial charge in [0.1, 0.15) is 0 Å². The fourth-order valence-electron chi connectivity index (χ4n) is 2.37. The van der Waals surface area contributed by atoms with Crippen LogP contribution in [-0.4, -0.2) is 35.0 Å². The summed E-state index contributed by atoms with van der Waals surface area (Å²) in [5.41, 5.74) is -2.03. The van der Waals surface area contributed by atoms with Gasteiger partial charge in [0.15, 0.2) is 5.60 Å². The molecule has 1 saturated carbocycles. The van der Waals surface area contributed by atoms with E-state index in [0.29, 0.717) is 13.2 Å². The molecule has 1 atom stereocenters. The summed E-state index contributed by atoms with van der Waals surface area (Å²) in [7, 11) is 0. The van der Waals surface area contributed by atoms with Gasteiger partial charge in [-0.15, -0.1) is 0 Å². The van der Waals surface area contributed by atoms with Crippen molar-refractivity contribution in [2.75, 3.05) is 13.2 Å². The topological polar surface area (TPSA) is 66.8 Å². The minimum atomic E-state index is -1.54. The molecule has 0 aromatic heterocycles. The molecule has 2 N–H and O–H groups in total. The zero-order valence-electron chi connectivity index (χ0n) is 7.45. The molecule has 0 amide bonds. The highest BCUT2D eigenvalue weighted by Crippen LogP contribution is 2.52. The van der Waals surface area contributed by atoms with Gasteiger partial charge in [-0.1, -0.05) is 6.42 Å². The Labute approximate surface area is 76.5 Å². The first-order valence-electron chi connectivity index (χ1n) is 4.64. The first-order valence-corrected chi connectivity index (χ1v) is 4.64. The van der Waals surface area contributed by atoms with Gasteiger partial charge in [0.05, 0.1) is 6.61 Å². The number of carboxylic acids is 1. The van der Waals surface area contributed by atoms with E-state index in [2.05, 4.69) is 0 Å². The highest BCUT2D eigenvalue weighted by atomic mass is 16.5. The number of aliphatic carboxylic acids is 1. The molecule has 0 radical (unpaired) electrons. The summed E-state index contributed by atoms with van der Waals surface area (Å²) in [4.78, 5) is 11.0. The van der Waals surface area contributed by atoms with E-state index >= 15 is 0 Å². The number of ether oxygens (including phenoxy) is 1. The van der Waals surface area contributed by atoms with Crippen LogP contribution in [-0.2, 0) is 9.53 Å². The summed E-state index contributed by atoms with van der Waals surface area (Å²) >= 11 is 0. The Bertz CT molecular complexity index is 234. The molecule has 2 aliphatic rings. The van der Waals surface area contributed by atoms with Gasteiger partial charge in [-0.05, 0) is 12.8 Å². The number of aliphatic hydroxyl groups is 1. The van der Waals surface area contributed by atoms with E-state index in [9.17, 15) is 9.90 Å². The molecule has 13 heavy (non-hydrogen) atoms. The minimum absolute atomic E-state index is 0.225. The van der Waals surface area contributed by atoms with Crippen molar-refractivity contribution in [3.8, 4) is 0 Å². The third-order valence-electron chi connectivity index (χ3n) is 3.53. The fraction of sp³-hybridized carbons (Fsp3) is 0.889. The van der Waals surface area contributed by atoms with Crippen LogP contribution < -0.4 is 0 Å². The van der Waals surface area contributed by atoms with E-state index in [1.807, 2.05) is 0 Å². The van der Waals surface area contributed by atoms with Gasteiger partial charge in [0.25, 0.3) is 0 Å². The van der Waals surface area contributed by atoms with Crippen LogP contribution in [0.15, 0.2) is 0 Å². The van der Waals surface area contributed by atoms with E-state index in [1.54, 1.807) is 0 Å². The minimum Gasteiger partial charge on any atom is -0.479 e. The average molecular weight is 186 g/mol. The van der Waals surface area contributed by atoms with Crippen molar-refractivity contribution >= 4 is 5.97 Å². The molecule has 1 aliphatic heterocycles. The summed E-state index contributed by atoms with van der Waals surface area (Å²) in [5.74, 6) is -1.09. The van der Waals surface area contributed by atoms with E-state index in [0.717, 1.165) is 19.3 Å². The van der Waals surface area contributed by atoms with Crippen molar-refractivity contribution in [3.63, 3.8) is 0 Å². The molecule has 4 nitrogen and oxygen atoms in total. The van der Waals surface area contributed by atoms with Crippen LogP contribution in [0.1, 0.15) is 25.7 Å². The first-order chi connectivity index (χ1) is 6.11. The highest BCUT2D eigenvalue weighted by Gasteiger charge is 2.60. The Kier molecular flexibility index (Phi) is 1.85. The van der Waals surface area contributed by atoms with Gasteiger partial charge >= 0.3 is 5.97 Å². The molecule has 74 valence electrons. The van der Waals surface area contributed by atoms with Crippen molar-refractivity contribution in [1.82, 2.24) is 0 Å². The maximum Gasteiger partial charge on any atom is 0.336 e. The lowest BCUT2D eigenvalue weighted by Crippen LogP contribution is -2.62. The zero-order chi connectivity index (χ0) is 9.53. The monoisotopic (exact) mass is 186 g/mol. The highest BCUT2D eigenvalue weighted by molar-refractivity contribution is 5.78. The zero-order valence-corrected chi connectivity index (χ0v) is 7.45. The standard InChI is InChI=1S/C9H14O4/c10-7(11)9(12)4-5-13-6-8(9)2-1-3-8/h12H,1-6H2,(H,10,11). The van der Waals surface area contributed by atoms with Crippen molar-refractivity contribution in [2.24, 2.45) is 5.41 Å². The van der Waals surface area contributed by atoms with E-state index in [4.69, 9.17) is 9.84 Å². The van der Waals surface area contributed by atoms with Gasteiger partial charge in [-0.2, -0.15) is 0 Å². The summed E-state index contributed by atoms with van der Waals surface area (Å²) in [6, 6.07) is 0. The third kappa shape index (κ3) is 1.02. The summed E-state index contributed by atoms with van der Waals surface area (Å²) in [6.45, 7) is 0.750. The quantitative estimate of drug-likeness (QED) is 0.621. The Morgan fingerprint density at radius 2 is 2.00 bits per heavy atom. The molecule has 1 heterocycles. The molecule has 4 heteroatoms. The molecule has 0 aromatic rings. The maximum atomic E-state index is 11.0. The Balaban J connectivity index is 2.27. The third-order valence-corrected chi connectivity index (χ3v) is 3.53. The normalized spacial score (nSPS) is 37.0. The van der Waals surface area contributed by atoms with Crippen molar-refractivity contribution in [1.29, 1.82) is 0 Å². The SMILES string of the molecule is O=C(O)C1(O)CCOCC12CCC2. The van der Waals surface area contributed by atoms with E-state index in [1.165, 1.54) is 0 Å². The van der Waals surface area contributed by atoms with E-state index < -0.39 is 17.0 Å². The average Bonchev–Trinajstić information content (AvgIpc) is 2.02. The predicted octanol–water partition coefficient (Wildman–Crippen LogP) is 0.393. The van der Waals surface area contributed by atoms with Crippen LogP contribution in [0, 0.1) is 5.41 Å². The molecule has 0 aromatic carbocycles. The second kappa shape index (κ2) is 2.69. The van der Waals surface area contributed by atoms with Gasteiger partial charge < -0.3 is 14.9 Å². The predicted molar refractivity (Wildman–Crippen MR) is 44.3 cm³/mol. The molecule has 0 bridgehead atoms. The largest absolute Gasteiger partial charge is 0.479 e. The number of rotatable bonds is 1. The molecule has 1 spiro atoms. The lowest BCUT2D eigenvalue weighted by Gasteiger charge is -2.53. The summed E-state index contributed by atoms with van der Waals surface area (Å²) in [6.07, 6.45) is 2.77. The first kappa shape index (κ1) is 8.97. The number of hydrogen-bond donors (Lipinski definition) is 2. The second-order valence-electron chi connectivity index (χ2n) is 4.10. The molecule has 1 saturated heterocycles. The van der Waals surface area contributed by atoms with Gasteiger partial charge in [-0.25, -0.2) is 4.79 Å². The van der Waals surface area contributed by atoms with Gasteiger partial charge in [-0.3, -0.25) is 0 Å². The Hall–Kier alpha value is -0.610. The molecular formula is C9H14O4. The van der Waals surface area contributed by atoms with Gasteiger partial charge in [0.2, 0.25) is 0 Å². The molecule has 1 aliphatic carbocycles. The fourth-order valence-corrected chi connectivity index (χ4v) is 2.37. The summed E-state index contributed by atoms with van der Waals surface area (Å²) < 4.78 is 5.25. The number of carboxylic acid groups (broad SMARTS) is 1. The van der Waals surface area contributed by atoms with Crippen molar-refractivity contribution in [3.05, 3.63) is 0 Å². The molecule has 2 rings (SSSR count). The second-order valence-corrected chi connectivity index (χ2v) is 4.10. The van der Waals surface area contributed by atoms with Crippen LogP contribution in [0.25, 0.3) is 0 Å².